The van der Waals surface area contributed by atoms with Gasteiger partial charge < -0.3 is 14.6 Å². The summed E-state index contributed by atoms with van der Waals surface area (Å²) in [5.41, 5.74) is 2.96. The van der Waals surface area contributed by atoms with Gasteiger partial charge in [0.1, 0.15) is 11.6 Å². The maximum Gasteiger partial charge on any atom is 0.327 e. The molecular weight excluding hydrogens is 248 g/mol. The Kier molecular flexibility index (Phi) is 2.63. The average molecular weight is 262 g/mol. The fraction of sp³-hybridized carbons (Fsp3) is 0.417. The van der Waals surface area contributed by atoms with Gasteiger partial charge in [-0.15, -0.1) is 0 Å². The molecular formula is C12H14N4O3. The molecule has 0 aromatic carbocycles. The van der Waals surface area contributed by atoms with Crippen LogP contribution in [0.4, 0.5) is 0 Å². The molecule has 3 N–H and O–H groups in total. The van der Waals surface area contributed by atoms with Crippen LogP contribution in [0.15, 0.2) is 4.52 Å². The summed E-state index contributed by atoms with van der Waals surface area (Å²) in [6.45, 7) is 4.26. The molecule has 100 valence electrons. The number of hydrogen-bond acceptors (Lipinski definition) is 5. The van der Waals surface area contributed by atoms with E-state index in [-0.39, 0.29) is 0 Å². The van der Waals surface area contributed by atoms with E-state index in [1.54, 1.807) is 0 Å². The SMILES string of the molecule is Cc1noc(C)c1-c1nc2c([nH]1)CCN[C@H]2C(=O)O. The number of imidazole rings is 1. The summed E-state index contributed by atoms with van der Waals surface area (Å²) >= 11 is 0. The van der Waals surface area contributed by atoms with Crippen molar-refractivity contribution in [2.75, 3.05) is 6.54 Å². The Morgan fingerprint density at radius 3 is 2.89 bits per heavy atom. The normalized spacial score (nSPS) is 18.3. The van der Waals surface area contributed by atoms with Crippen molar-refractivity contribution in [1.82, 2.24) is 20.4 Å². The number of aromatic amines is 1. The van der Waals surface area contributed by atoms with Crippen LogP contribution in [0.3, 0.4) is 0 Å². The largest absolute Gasteiger partial charge is 0.480 e. The van der Waals surface area contributed by atoms with Gasteiger partial charge in [0.05, 0.1) is 17.0 Å². The second kappa shape index (κ2) is 4.20. The highest BCUT2D eigenvalue weighted by Crippen LogP contribution is 2.29. The van der Waals surface area contributed by atoms with Gasteiger partial charge in [0, 0.05) is 18.7 Å². The number of fused-ring (bicyclic) bond motifs is 1. The van der Waals surface area contributed by atoms with E-state index in [2.05, 4.69) is 20.4 Å². The maximum atomic E-state index is 11.2. The molecule has 0 saturated heterocycles. The lowest BCUT2D eigenvalue weighted by atomic mass is 10.1. The van der Waals surface area contributed by atoms with Crippen LogP contribution < -0.4 is 5.32 Å². The van der Waals surface area contributed by atoms with E-state index in [4.69, 9.17) is 4.52 Å². The second-order valence-corrected chi connectivity index (χ2v) is 4.62. The standard InChI is InChI=1S/C12H14N4O3/c1-5-8(6(2)19-16-5)11-14-7-3-4-13-10(12(17)18)9(7)15-11/h10,13H,3-4H2,1-2H3,(H,14,15)(H,17,18)/t10-/m1/s1. The summed E-state index contributed by atoms with van der Waals surface area (Å²) in [5, 5.41) is 16.0. The van der Waals surface area contributed by atoms with E-state index in [1.165, 1.54) is 0 Å². The summed E-state index contributed by atoms with van der Waals surface area (Å²) in [6.07, 6.45) is 0.732. The third-order valence-electron chi connectivity index (χ3n) is 3.32. The summed E-state index contributed by atoms with van der Waals surface area (Å²) in [4.78, 5) is 18.8. The number of carboxylic acid groups (broad SMARTS) is 1. The minimum absolute atomic E-state index is 0.550. The Hall–Kier alpha value is -2.15. The monoisotopic (exact) mass is 262 g/mol. The number of carboxylic acids is 1. The number of nitrogens with one attached hydrogen (secondary N) is 2. The molecule has 2 aromatic heterocycles. The van der Waals surface area contributed by atoms with Crippen molar-refractivity contribution in [3.05, 3.63) is 22.8 Å². The minimum Gasteiger partial charge on any atom is -0.480 e. The summed E-state index contributed by atoms with van der Waals surface area (Å²) in [6, 6.07) is -0.755. The van der Waals surface area contributed by atoms with Crippen molar-refractivity contribution in [2.45, 2.75) is 26.3 Å². The smallest absolute Gasteiger partial charge is 0.327 e. The number of rotatable bonds is 2. The van der Waals surface area contributed by atoms with Crippen LogP contribution in [-0.4, -0.2) is 32.7 Å². The van der Waals surface area contributed by atoms with E-state index in [1.807, 2.05) is 13.8 Å². The number of H-pyrrole nitrogens is 1. The molecule has 3 rings (SSSR count). The van der Waals surface area contributed by atoms with E-state index >= 15 is 0 Å². The first-order valence-electron chi connectivity index (χ1n) is 6.06. The topological polar surface area (TPSA) is 104 Å². The number of hydrogen-bond donors (Lipinski definition) is 3. The van der Waals surface area contributed by atoms with E-state index in [9.17, 15) is 9.90 Å². The fourth-order valence-electron chi connectivity index (χ4n) is 2.43. The third-order valence-corrected chi connectivity index (χ3v) is 3.32. The van der Waals surface area contributed by atoms with Gasteiger partial charge in [-0.2, -0.15) is 0 Å². The average Bonchev–Trinajstić information content (AvgIpc) is 2.91. The van der Waals surface area contributed by atoms with Crippen LogP contribution in [0.1, 0.15) is 28.9 Å². The Labute approximate surface area is 109 Å². The predicted octanol–water partition coefficient (Wildman–Crippen LogP) is 0.953. The highest BCUT2D eigenvalue weighted by Gasteiger charge is 2.30. The minimum atomic E-state index is -0.919. The van der Waals surface area contributed by atoms with Crippen LogP contribution in [0, 0.1) is 13.8 Å². The molecule has 1 aliphatic rings. The number of aromatic nitrogens is 3. The Balaban J connectivity index is 2.10. The number of carbonyl (C=O) groups is 1. The lowest BCUT2D eigenvalue weighted by molar-refractivity contribution is -0.139. The van der Waals surface area contributed by atoms with Crippen molar-refractivity contribution < 1.29 is 14.4 Å². The van der Waals surface area contributed by atoms with Crippen molar-refractivity contribution in [3.63, 3.8) is 0 Å². The van der Waals surface area contributed by atoms with Crippen LogP contribution in [0.2, 0.25) is 0 Å². The number of aryl methyl sites for hydroxylation is 2. The van der Waals surface area contributed by atoms with Crippen molar-refractivity contribution in [2.24, 2.45) is 0 Å². The van der Waals surface area contributed by atoms with Crippen LogP contribution >= 0.6 is 0 Å². The first-order valence-corrected chi connectivity index (χ1v) is 6.06. The van der Waals surface area contributed by atoms with Gasteiger partial charge >= 0.3 is 5.97 Å². The van der Waals surface area contributed by atoms with Crippen LogP contribution in [0.5, 0.6) is 0 Å². The lowest BCUT2D eigenvalue weighted by Crippen LogP contribution is -2.35. The first-order chi connectivity index (χ1) is 9.08. The van der Waals surface area contributed by atoms with Gasteiger partial charge in [0.25, 0.3) is 0 Å². The van der Waals surface area contributed by atoms with Crippen molar-refractivity contribution in [1.29, 1.82) is 0 Å². The molecule has 3 heterocycles. The van der Waals surface area contributed by atoms with Gasteiger partial charge in [-0.1, -0.05) is 5.16 Å². The van der Waals surface area contributed by atoms with Crippen molar-refractivity contribution >= 4 is 5.97 Å². The van der Waals surface area contributed by atoms with Crippen molar-refractivity contribution in [3.8, 4) is 11.4 Å². The molecule has 0 amide bonds. The van der Waals surface area contributed by atoms with Crippen LogP contribution in [0.25, 0.3) is 11.4 Å². The number of aliphatic carboxylic acids is 1. The van der Waals surface area contributed by atoms with Gasteiger partial charge in [-0.25, -0.2) is 4.98 Å². The maximum absolute atomic E-state index is 11.2. The lowest BCUT2D eigenvalue weighted by Gasteiger charge is -2.18. The molecule has 2 aromatic rings. The van der Waals surface area contributed by atoms with E-state index < -0.39 is 12.0 Å². The van der Waals surface area contributed by atoms with Gasteiger partial charge in [-0.3, -0.25) is 10.1 Å². The molecule has 0 aliphatic carbocycles. The zero-order valence-electron chi connectivity index (χ0n) is 10.6. The molecule has 19 heavy (non-hydrogen) atoms. The van der Waals surface area contributed by atoms with Gasteiger partial charge in [0.2, 0.25) is 0 Å². The Morgan fingerprint density at radius 1 is 1.47 bits per heavy atom. The molecule has 0 spiro atoms. The molecule has 0 unspecified atom stereocenters. The van der Waals surface area contributed by atoms with E-state index in [0.717, 1.165) is 23.4 Å². The first kappa shape index (κ1) is 11.9. The fourth-order valence-corrected chi connectivity index (χ4v) is 2.43. The molecule has 0 fully saturated rings. The summed E-state index contributed by atoms with van der Waals surface area (Å²) in [7, 11) is 0. The quantitative estimate of drug-likeness (QED) is 0.744. The molecule has 1 atom stereocenters. The summed E-state index contributed by atoms with van der Waals surface area (Å²) in [5.74, 6) is 0.373. The third kappa shape index (κ3) is 1.82. The Morgan fingerprint density at radius 2 is 2.26 bits per heavy atom. The molecule has 0 saturated carbocycles. The number of nitrogens with zero attached hydrogens (tertiary/aromatic N) is 2. The van der Waals surface area contributed by atoms with Gasteiger partial charge in [-0.05, 0) is 13.8 Å². The van der Waals surface area contributed by atoms with E-state index in [0.29, 0.717) is 23.8 Å². The predicted molar refractivity (Wildman–Crippen MR) is 65.6 cm³/mol. The van der Waals surface area contributed by atoms with Crippen LogP contribution in [-0.2, 0) is 11.2 Å². The molecule has 1 aliphatic heterocycles. The molecule has 7 heteroatoms. The second-order valence-electron chi connectivity index (χ2n) is 4.62. The zero-order valence-corrected chi connectivity index (χ0v) is 10.6. The Bertz CT molecular complexity index is 624. The summed E-state index contributed by atoms with van der Waals surface area (Å²) < 4.78 is 5.11. The highest BCUT2D eigenvalue weighted by molar-refractivity contribution is 5.76. The van der Waals surface area contributed by atoms with Gasteiger partial charge in [0.15, 0.2) is 6.04 Å². The highest BCUT2D eigenvalue weighted by atomic mass is 16.5. The zero-order chi connectivity index (χ0) is 13.6. The molecule has 0 bridgehead atoms. The molecule has 0 radical (unpaired) electrons. The molecule has 7 nitrogen and oxygen atoms in total.